The zero-order valence-corrected chi connectivity index (χ0v) is 13.6. The Morgan fingerprint density at radius 3 is 2.87 bits per heavy atom. The molecular weight excluding hydrogens is 286 g/mol. The Morgan fingerprint density at radius 2 is 2.09 bits per heavy atom. The van der Waals surface area contributed by atoms with Gasteiger partial charge in [0.05, 0.1) is 5.56 Å². The molecular formula is C19H21N3O. The lowest BCUT2D eigenvalue weighted by Gasteiger charge is -2.23. The van der Waals surface area contributed by atoms with E-state index in [1.807, 2.05) is 54.1 Å². The van der Waals surface area contributed by atoms with Crippen LogP contribution < -0.4 is 9.80 Å². The highest BCUT2D eigenvalue weighted by Crippen LogP contribution is 2.30. The number of hydrogen-bond donors (Lipinski definition) is 0. The molecule has 0 saturated heterocycles. The summed E-state index contributed by atoms with van der Waals surface area (Å²) in [5.41, 5.74) is 3.90. The number of amides is 1. The zero-order chi connectivity index (χ0) is 16.4. The fraction of sp³-hybridized carbons (Fsp3) is 0.263. The van der Waals surface area contributed by atoms with Crippen LogP contribution in [0.25, 0.3) is 0 Å². The van der Waals surface area contributed by atoms with Crippen molar-refractivity contribution in [1.82, 2.24) is 4.98 Å². The number of fused-ring (bicyclic) bond motifs is 1. The molecule has 0 fully saturated rings. The number of rotatable bonds is 4. The van der Waals surface area contributed by atoms with Gasteiger partial charge in [-0.05, 0) is 37.1 Å². The molecule has 2 heterocycles. The highest BCUT2D eigenvalue weighted by molar-refractivity contribution is 6.10. The first-order valence-corrected chi connectivity index (χ1v) is 7.78. The third-order valence-corrected chi connectivity index (χ3v) is 4.02. The quantitative estimate of drug-likeness (QED) is 0.813. The predicted octanol–water partition coefficient (Wildman–Crippen LogP) is 3.30. The summed E-state index contributed by atoms with van der Waals surface area (Å²) in [6.07, 6.45) is 2.62. The maximum absolute atomic E-state index is 13.1. The molecule has 118 valence electrons. The van der Waals surface area contributed by atoms with Crippen LogP contribution in [0.15, 0.2) is 54.7 Å². The standard InChI is InChI=1S/C19H21N3O/c1-14(2)13-21(3)18-16(8-6-11-20-18)19(23)22-12-10-15-7-4-5-9-17(15)22/h4-9,11H,1,10,12-13H2,2-3H3. The molecule has 3 rings (SSSR count). The van der Waals surface area contributed by atoms with Crippen molar-refractivity contribution in [3.63, 3.8) is 0 Å². The molecule has 1 amide bonds. The lowest BCUT2D eigenvalue weighted by Crippen LogP contribution is -2.31. The van der Waals surface area contributed by atoms with Gasteiger partial charge in [-0.25, -0.2) is 4.98 Å². The van der Waals surface area contributed by atoms with Crippen molar-refractivity contribution in [1.29, 1.82) is 0 Å². The molecule has 4 nitrogen and oxygen atoms in total. The Labute approximate surface area is 137 Å². The van der Waals surface area contributed by atoms with Crippen molar-refractivity contribution in [2.45, 2.75) is 13.3 Å². The lowest BCUT2D eigenvalue weighted by atomic mass is 10.1. The molecule has 23 heavy (non-hydrogen) atoms. The van der Waals surface area contributed by atoms with E-state index in [0.717, 1.165) is 24.2 Å². The number of benzene rings is 1. The molecule has 0 atom stereocenters. The molecule has 1 aromatic carbocycles. The monoisotopic (exact) mass is 307 g/mol. The summed E-state index contributed by atoms with van der Waals surface area (Å²) in [6.45, 7) is 7.30. The molecule has 2 aromatic rings. The van der Waals surface area contributed by atoms with Crippen molar-refractivity contribution in [3.05, 3.63) is 65.9 Å². The number of para-hydroxylation sites is 1. The number of anilines is 2. The Hall–Kier alpha value is -2.62. The number of carbonyl (C=O) groups is 1. The van der Waals surface area contributed by atoms with Gasteiger partial charge in [-0.2, -0.15) is 0 Å². The van der Waals surface area contributed by atoms with Crippen LogP contribution in [0, 0.1) is 0 Å². The second kappa shape index (κ2) is 6.24. The van der Waals surface area contributed by atoms with Crippen LogP contribution in [0.1, 0.15) is 22.8 Å². The Kier molecular flexibility index (Phi) is 4.15. The van der Waals surface area contributed by atoms with Crippen molar-refractivity contribution in [2.75, 3.05) is 29.9 Å². The highest BCUT2D eigenvalue weighted by Gasteiger charge is 2.27. The molecule has 0 radical (unpaired) electrons. The maximum atomic E-state index is 13.1. The van der Waals surface area contributed by atoms with Gasteiger partial charge in [-0.15, -0.1) is 0 Å². The molecule has 0 saturated carbocycles. The van der Waals surface area contributed by atoms with Gasteiger partial charge in [0, 0.05) is 32.0 Å². The van der Waals surface area contributed by atoms with E-state index in [4.69, 9.17) is 0 Å². The van der Waals surface area contributed by atoms with Crippen molar-refractivity contribution in [3.8, 4) is 0 Å². The van der Waals surface area contributed by atoms with E-state index in [0.29, 0.717) is 17.9 Å². The molecule has 0 aliphatic carbocycles. The summed E-state index contributed by atoms with van der Waals surface area (Å²) in [6, 6.07) is 11.7. The SMILES string of the molecule is C=C(C)CN(C)c1ncccc1C(=O)N1CCc2ccccc21. The van der Waals surface area contributed by atoms with Gasteiger partial charge in [0.2, 0.25) is 0 Å². The van der Waals surface area contributed by atoms with E-state index in [9.17, 15) is 4.79 Å². The van der Waals surface area contributed by atoms with Crippen molar-refractivity contribution >= 4 is 17.4 Å². The van der Waals surface area contributed by atoms with Crippen LogP contribution in [0.2, 0.25) is 0 Å². The molecule has 0 N–H and O–H groups in total. The van der Waals surface area contributed by atoms with E-state index >= 15 is 0 Å². The van der Waals surface area contributed by atoms with Crippen LogP contribution in [0.5, 0.6) is 0 Å². The molecule has 0 bridgehead atoms. The topological polar surface area (TPSA) is 36.4 Å². The van der Waals surface area contributed by atoms with Crippen LogP contribution in [0.3, 0.4) is 0 Å². The molecule has 1 aliphatic heterocycles. The minimum atomic E-state index is 0.00613. The average Bonchev–Trinajstić information content (AvgIpc) is 2.97. The lowest BCUT2D eigenvalue weighted by molar-refractivity contribution is 0.0989. The van der Waals surface area contributed by atoms with Gasteiger partial charge >= 0.3 is 0 Å². The number of likely N-dealkylation sites (N-methyl/N-ethyl adjacent to an activating group) is 1. The molecule has 1 aliphatic rings. The van der Waals surface area contributed by atoms with E-state index in [1.165, 1.54) is 5.56 Å². The van der Waals surface area contributed by atoms with Gasteiger partial charge in [0.1, 0.15) is 5.82 Å². The van der Waals surface area contributed by atoms with Crippen molar-refractivity contribution < 1.29 is 4.79 Å². The largest absolute Gasteiger partial charge is 0.355 e. The minimum absolute atomic E-state index is 0.00613. The first-order chi connectivity index (χ1) is 11.1. The number of pyridine rings is 1. The normalized spacial score (nSPS) is 12.9. The summed E-state index contributed by atoms with van der Waals surface area (Å²) < 4.78 is 0. The summed E-state index contributed by atoms with van der Waals surface area (Å²) in [5.74, 6) is 0.705. The molecule has 1 aromatic heterocycles. The number of aromatic nitrogens is 1. The average molecular weight is 307 g/mol. The summed E-state index contributed by atoms with van der Waals surface area (Å²) in [7, 11) is 1.94. The summed E-state index contributed by atoms with van der Waals surface area (Å²) in [4.78, 5) is 21.3. The first kappa shape index (κ1) is 15.3. The minimum Gasteiger partial charge on any atom is -0.355 e. The molecule has 0 unspecified atom stereocenters. The van der Waals surface area contributed by atoms with Crippen LogP contribution in [0.4, 0.5) is 11.5 Å². The van der Waals surface area contributed by atoms with Crippen LogP contribution in [-0.2, 0) is 6.42 Å². The van der Waals surface area contributed by atoms with Gasteiger partial charge in [0.25, 0.3) is 5.91 Å². The van der Waals surface area contributed by atoms with Gasteiger partial charge in [-0.1, -0.05) is 30.4 Å². The fourth-order valence-corrected chi connectivity index (χ4v) is 3.04. The third-order valence-electron chi connectivity index (χ3n) is 4.02. The van der Waals surface area contributed by atoms with Gasteiger partial charge < -0.3 is 9.80 Å². The third kappa shape index (κ3) is 2.97. The van der Waals surface area contributed by atoms with Crippen molar-refractivity contribution in [2.24, 2.45) is 0 Å². The first-order valence-electron chi connectivity index (χ1n) is 7.78. The molecule has 0 spiro atoms. The Bertz CT molecular complexity index is 754. The fourth-order valence-electron chi connectivity index (χ4n) is 3.04. The van der Waals surface area contributed by atoms with Crippen LogP contribution >= 0.6 is 0 Å². The number of hydrogen-bond acceptors (Lipinski definition) is 3. The molecule has 4 heteroatoms. The Balaban J connectivity index is 1.94. The Morgan fingerprint density at radius 1 is 1.30 bits per heavy atom. The smallest absolute Gasteiger partial charge is 0.262 e. The van der Waals surface area contributed by atoms with Crippen LogP contribution in [-0.4, -0.2) is 31.0 Å². The number of nitrogens with zero attached hydrogens (tertiary/aromatic N) is 3. The van der Waals surface area contributed by atoms with E-state index in [-0.39, 0.29) is 5.91 Å². The summed E-state index contributed by atoms with van der Waals surface area (Å²) >= 11 is 0. The zero-order valence-electron chi connectivity index (χ0n) is 13.6. The van der Waals surface area contributed by atoms with E-state index < -0.39 is 0 Å². The van der Waals surface area contributed by atoms with E-state index in [1.54, 1.807) is 6.20 Å². The predicted molar refractivity (Wildman–Crippen MR) is 94.1 cm³/mol. The number of carbonyl (C=O) groups excluding carboxylic acids is 1. The second-order valence-corrected chi connectivity index (χ2v) is 6.02. The van der Waals surface area contributed by atoms with Gasteiger partial charge in [0.15, 0.2) is 0 Å². The van der Waals surface area contributed by atoms with Gasteiger partial charge in [-0.3, -0.25) is 4.79 Å². The summed E-state index contributed by atoms with van der Waals surface area (Å²) in [5, 5.41) is 0. The highest BCUT2D eigenvalue weighted by atomic mass is 16.2. The second-order valence-electron chi connectivity index (χ2n) is 6.02. The van der Waals surface area contributed by atoms with E-state index in [2.05, 4.69) is 17.6 Å². The maximum Gasteiger partial charge on any atom is 0.262 e.